The fourth-order valence-electron chi connectivity index (χ4n) is 1.17. The van der Waals surface area contributed by atoms with Gasteiger partial charge in [0.1, 0.15) is 24.2 Å². The van der Waals surface area contributed by atoms with Crippen molar-refractivity contribution in [3.05, 3.63) is 36.4 Å². The van der Waals surface area contributed by atoms with Gasteiger partial charge in [0.2, 0.25) is 0 Å². The van der Waals surface area contributed by atoms with E-state index >= 15 is 0 Å². The number of carbonyl (C=O) groups excluding carboxylic acids is 1. The minimum absolute atomic E-state index is 0.131. The van der Waals surface area contributed by atoms with E-state index in [1.165, 1.54) is 29.5 Å². The normalized spacial score (nSPS) is 10.0. The molecule has 1 aromatic heterocycles. The van der Waals surface area contributed by atoms with Crippen molar-refractivity contribution >= 4 is 5.91 Å². The summed E-state index contributed by atoms with van der Waals surface area (Å²) in [5, 5.41) is 25.4. The highest BCUT2D eigenvalue weighted by Crippen LogP contribution is 2.20. The molecule has 3 N–H and O–H groups in total. The van der Waals surface area contributed by atoms with Crippen molar-refractivity contribution in [1.82, 2.24) is 14.9 Å². The second kappa shape index (κ2) is 3.89. The fourth-order valence-corrected chi connectivity index (χ4v) is 1.17. The molecular weight excluding hydrogens is 212 g/mol. The topological polar surface area (TPSA) is 100 Å². The number of phenolic OH excluding ortho intramolecular Hbond substituents is 2. The summed E-state index contributed by atoms with van der Waals surface area (Å²) in [6.45, 7) is 0. The van der Waals surface area contributed by atoms with E-state index in [4.69, 9.17) is 0 Å². The van der Waals surface area contributed by atoms with Gasteiger partial charge in [0.15, 0.2) is 0 Å². The maximum absolute atomic E-state index is 11.6. The van der Waals surface area contributed by atoms with Crippen molar-refractivity contribution in [2.75, 3.05) is 5.43 Å². The number of benzene rings is 1. The first-order valence-corrected chi connectivity index (χ1v) is 4.34. The summed E-state index contributed by atoms with van der Waals surface area (Å²) >= 11 is 0. The third-order valence-corrected chi connectivity index (χ3v) is 1.81. The summed E-state index contributed by atoms with van der Waals surface area (Å²) in [6.07, 6.45) is 2.61. The number of nitrogens with zero attached hydrogens (tertiary/aromatic N) is 3. The molecule has 0 bridgehead atoms. The SMILES string of the molecule is O=C(Nn1cnnc1)c1cc(O)cc(O)c1. The lowest BCUT2D eigenvalue weighted by Crippen LogP contribution is -2.21. The average Bonchev–Trinajstić information content (AvgIpc) is 2.68. The number of rotatable bonds is 2. The molecule has 1 heterocycles. The predicted octanol–water partition coefficient (Wildman–Crippen LogP) is 0.0732. The first kappa shape index (κ1) is 9.97. The molecule has 2 rings (SSSR count). The molecule has 1 amide bonds. The largest absolute Gasteiger partial charge is 0.508 e. The predicted molar refractivity (Wildman–Crippen MR) is 53.5 cm³/mol. The minimum Gasteiger partial charge on any atom is -0.508 e. The molecule has 0 atom stereocenters. The molecule has 0 unspecified atom stereocenters. The van der Waals surface area contributed by atoms with Crippen molar-refractivity contribution in [1.29, 1.82) is 0 Å². The Hall–Kier alpha value is -2.57. The molecule has 0 fully saturated rings. The summed E-state index contributed by atoms with van der Waals surface area (Å²) in [5.74, 6) is -0.867. The number of amides is 1. The van der Waals surface area contributed by atoms with Crippen molar-refractivity contribution in [2.45, 2.75) is 0 Å². The standard InChI is InChI=1S/C9H8N4O3/c14-7-1-6(2-8(15)3-7)9(16)12-13-4-10-11-5-13/h1-5,14-15H,(H,12,16). The molecule has 0 saturated carbocycles. The minimum atomic E-state index is -0.494. The van der Waals surface area contributed by atoms with Crippen LogP contribution in [-0.4, -0.2) is 31.0 Å². The summed E-state index contributed by atoms with van der Waals surface area (Å²) in [7, 11) is 0. The van der Waals surface area contributed by atoms with Gasteiger partial charge in [0.05, 0.1) is 0 Å². The Kier molecular flexibility index (Phi) is 2.42. The van der Waals surface area contributed by atoms with Gasteiger partial charge in [0.25, 0.3) is 5.91 Å². The third-order valence-electron chi connectivity index (χ3n) is 1.81. The Morgan fingerprint density at radius 3 is 2.25 bits per heavy atom. The molecule has 0 aliphatic carbocycles. The molecule has 0 saturated heterocycles. The molecule has 1 aromatic carbocycles. The number of carbonyl (C=O) groups is 1. The van der Waals surface area contributed by atoms with Gasteiger partial charge >= 0.3 is 0 Å². The van der Waals surface area contributed by atoms with Gasteiger partial charge in [0, 0.05) is 11.6 Å². The number of hydrogen-bond donors (Lipinski definition) is 3. The molecule has 0 aliphatic rings. The van der Waals surface area contributed by atoms with Crippen molar-refractivity contribution < 1.29 is 15.0 Å². The Bertz CT molecular complexity index is 489. The lowest BCUT2D eigenvalue weighted by Gasteiger charge is -2.05. The van der Waals surface area contributed by atoms with Gasteiger partial charge in [-0.05, 0) is 12.1 Å². The summed E-state index contributed by atoms with van der Waals surface area (Å²) < 4.78 is 1.25. The second-order valence-corrected chi connectivity index (χ2v) is 3.05. The van der Waals surface area contributed by atoms with E-state index in [1.54, 1.807) is 0 Å². The van der Waals surface area contributed by atoms with Crippen LogP contribution in [0.4, 0.5) is 0 Å². The van der Waals surface area contributed by atoms with E-state index in [2.05, 4.69) is 15.6 Å². The lowest BCUT2D eigenvalue weighted by atomic mass is 10.2. The van der Waals surface area contributed by atoms with Crippen LogP contribution in [0.2, 0.25) is 0 Å². The first-order chi connectivity index (χ1) is 7.65. The molecule has 16 heavy (non-hydrogen) atoms. The van der Waals surface area contributed by atoms with Crippen LogP contribution in [0.15, 0.2) is 30.9 Å². The highest BCUT2D eigenvalue weighted by Gasteiger charge is 2.08. The average molecular weight is 220 g/mol. The van der Waals surface area contributed by atoms with Gasteiger partial charge in [-0.25, -0.2) is 4.68 Å². The monoisotopic (exact) mass is 220 g/mol. The van der Waals surface area contributed by atoms with Gasteiger partial charge < -0.3 is 10.2 Å². The number of hydrogen-bond acceptors (Lipinski definition) is 5. The van der Waals surface area contributed by atoms with Crippen LogP contribution in [0.3, 0.4) is 0 Å². The van der Waals surface area contributed by atoms with Crippen LogP contribution >= 0.6 is 0 Å². The molecule has 82 valence electrons. The number of nitrogens with one attached hydrogen (secondary N) is 1. The summed E-state index contributed by atoms with van der Waals surface area (Å²) in [4.78, 5) is 11.6. The van der Waals surface area contributed by atoms with E-state index in [1.807, 2.05) is 0 Å². The zero-order valence-electron chi connectivity index (χ0n) is 8.03. The summed E-state index contributed by atoms with van der Waals surface area (Å²) in [5.41, 5.74) is 2.55. The van der Waals surface area contributed by atoms with Gasteiger partial charge in [-0.1, -0.05) is 0 Å². The first-order valence-electron chi connectivity index (χ1n) is 4.34. The van der Waals surface area contributed by atoms with E-state index in [0.29, 0.717) is 0 Å². The van der Waals surface area contributed by atoms with Crippen molar-refractivity contribution in [2.24, 2.45) is 0 Å². The Morgan fingerprint density at radius 1 is 1.12 bits per heavy atom. The smallest absolute Gasteiger partial charge is 0.270 e. The molecule has 0 radical (unpaired) electrons. The molecule has 7 nitrogen and oxygen atoms in total. The quantitative estimate of drug-likeness (QED) is 0.665. The Labute approximate surface area is 90.0 Å². The van der Waals surface area contributed by atoms with Crippen LogP contribution in [0.5, 0.6) is 11.5 Å². The van der Waals surface area contributed by atoms with Crippen LogP contribution in [-0.2, 0) is 0 Å². The molecule has 2 aromatic rings. The fraction of sp³-hybridized carbons (Fsp3) is 0. The van der Waals surface area contributed by atoms with E-state index in [9.17, 15) is 15.0 Å². The van der Waals surface area contributed by atoms with Gasteiger partial charge in [-0.15, -0.1) is 10.2 Å². The number of phenols is 2. The number of aromatic nitrogens is 3. The Balaban J connectivity index is 2.21. The number of aromatic hydroxyl groups is 2. The Morgan fingerprint density at radius 2 is 1.69 bits per heavy atom. The molecule has 0 spiro atoms. The molecule has 0 aliphatic heterocycles. The maximum atomic E-state index is 11.6. The second-order valence-electron chi connectivity index (χ2n) is 3.05. The van der Waals surface area contributed by atoms with E-state index < -0.39 is 5.91 Å². The zero-order chi connectivity index (χ0) is 11.5. The van der Waals surface area contributed by atoms with Crippen molar-refractivity contribution in [3.8, 4) is 11.5 Å². The van der Waals surface area contributed by atoms with Crippen molar-refractivity contribution in [3.63, 3.8) is 0 Å². The lowest BCUT2D eigenvalue weighted by molar-refractivity contribution is 0.101. The summed E-state index contributed by atoms with van der Waals surface area (Å²) in [6, 6.07) is 3.61. The van der Waals surface area contributed by atoms with Crippen LogP contribution in [0.25, 0.3) is 0 Å². The molecule has 7 heteroatoms. The van der Waals surface area contributed by atoms with Gasteiger partial charge in [-0.3, -0.25) is 10.2 Å². The van der Waals surface area contributed by atoms with Gasteiger partial charge in [-0.2, -0.15) is 0 Å². The van der Waals surface area contributed by atoms with E-state index in [0.717, 1.165) is 6.07 Å². The van der Waals surface area contributed by atoms with Crippen LogP contribution in [0.1, 0.15) is 10.4 Å². The van der Waals surface area contributed by atoms with Crippen LogP contribution < -0.4 is 5.43 Å². The maximum Gasteiger partial charge on any atom is 0.270 e. The van der Waals surface area contributed by atoms with Crippen LogP contribution in [0, 0.1) is 0 Å². The van der Waals surface area contributed by atoms with E-state index in [-0.39, 0.29) is 17.1 Å². The zero-order valence-corrected chi connectivity index (χ0v) is 8.03. The highest BCUT2D eigenvalue weighted by atomic mass is 16.3. The third kappa shape index (κ3) is 2.08. The highest BCUT2D eigenvalue weighted by molar-refractivity contribution is 6.00. The molecular formula is C9H8N4O3.